The summed E-state index contributed by atoms with van der Waals surface area (Å²) >= 11 is 14.2. The van der Waals surface area contributed by atoms with Crippen molar-refractivity contribution in [1.82, 2.24) is 4.90 Å². The Morgan fingerprint density at radius 2 is 1.73 bits per heavy atom. The van der Waals surface area contributed by atoms with Crippen molar-refractivity contribution in [2.45, 2.75) is 46.4 Å². The molecule has 0 unspecified atom stereocenters. The zero-order valence-corrected chi connectivity index (χ0v) is 19.7. The van der Waals surface area contributed by atoms with Crippen LogP contribution in [0.5, 0.6) is 5.75 Å². The minimum atomic E-state index is -0.0638. The van der Waals surface area contributed by atoms with E-state index in [1.54, 1.807) is 23.1 Å². The van der Waals surface area contributed by atoms with Gasteiger partial charge in [0.25, 0.3) is 5.91 Å². The second kappa shape index (κ2) is 9.90. The van der Waals surface area contributed by atoms with E-state index >= 15 is 0 Å². The molecule has 1 heterocycles. The molecule has 1 fully saturated rings. The number of rotatable bonds is 6. The summed E-state index contributed by atoms with van der Waals surface area (Å²) in [5.74, 6) is 0.367. The Morgan fingerprint density at radius 1 is 1.10 bits per heavy atom. The smallest absolute Gasteiger partial charge is 0.266 e. The average molecular weight is 463 g/mol. The number of hydrogen-bond donors (Lipinski definition) is 0. The van der Waals surface area contributed by atoms with Crippen molar-refractivity contribution in [3.63, 3.8) is 0 Å². The van der Waals surface area contributed by atoms with Crippen molar-refractivity contribution in [3.05, 3.63) is 68.5 Å². The molecule has 0 N–H and O–H groups in total. The maximum absolute atomic E-state index is 12.9. The number of hydrogen-bond acceptors (Lipinski definition) is 4. The molecule has 0 aromatic heterocycles. The van der Waals surface area contributed by atoms with E-state index in [0.717, 1.165) is 16.3 Å². The quantitative estimate of drug-likeness (QED) is 0.450. The van der Waals surface area contributed by atoms with Crippen LogP contribution in [0.15, 0.2) is 52.4 Å². The highest BCUT2D eigenvalue weighted by Gasteiger charge is 2.35. The van der Waals surface area contributed by atoms with Crippen molar-refractivity contribution in [3.8, 4) is 5.75 Å². The van der Waals surface area contributed by atoms with E-state index in [2.05, 4.69) is 4.99 Å². The van der Waals surface area contributed by atoms with E-state index in [4.69, 9.17) is 27.9 Å². The van der Waals surface area contributed by atoms with E-state index in [-0.39, 0.29) is 18.0 Å². The fourth-order valence-electron chi connectivity index (χ4n) is 2.93. The van der Waals surface area contributed by atoms with Crippen molar-refractivity contribution in [2.75, 3.05) is 0 Å². The van der Waals surface area contributed by atoms with Gasteiger partial charge in [-0.05, 0) is 68.8 Å². The van der Waals surface area contributed by atoms with Gasteiger partial charge in [-0.1, -0.05) is 53.5 Å². The molecule has 2 aromatic rings. The molecule has 1 amide bonds. The zero-order valence-electron chi connectivity index (χ0n) is 17.4. The predicted molar refractivity (Wildman–Crippen MR) is 127 cm³/mol. The van der Waals surface area contributed by atoms with Crippen LogP contribution in [-0.4, -0.2) is 28.1 Å². The topological polar surface area (TPSA) is 41.9 Å². The summed E-state index contributed by atoms with van der Waals surface area (Å²) in [6, 6.07) is 13.4. The predicted octanol–water partition coefficient (Wildman–Crippen LogP) is 6.66. The van der Waals surface area contributed by atoms with Crippen molar-refractivity contribution in [2.24, 2.45) is 4.99 Å². The Kier molecular flexibility index (Phi) is 7.50. The highest BCUT2D eigenvalue weighted by Crippen LogP contribution is 2.38. The molecule has 0 saturated carbocycles. The number of halogens is 2. The number of thioether (sulfide) groups is 1. The summed E-state index contributed by atoms with van der Waals surface area (Å²) in [4.78, 5) is 19.8. The molecule has 1 aliphatic rings. The van der Waals surface area contributed by atoms with Crippen molar-refractivity contribution >= 4 is 52.1 Å². The molecule has 158 valence electrons. The number of aliphatic imine (C=N–C) groups is 1. The van der Waals surface area contributed by atoms with Gasteiger partial charge in [0, 0.05) is 12.1 Å². The van der Waals surface area contributed by atoms with Crippen molar-refractivity contribution < 1.29 is 9.53 Å². The second-order valence-electron chi connectivity index (χ2n) is 7.47. The molecule has 1 saturated heterocycles. The Labute approximate surface area is 191 Å². The minimum Gasteiger partial charge on any atom is -0.486 e. The Bertz CT molecular complexity index is 965. The van der Waals surface area contributed by atoms with Gasteiger partial charge in [-0.3, -0.25) is 14.7 Å². The van der Waals surface area contributed by atoms with Crippen LogP contribution in [0.2, 0.25) is 10.0 Å². The maximum Gasteiger partial charge on any atom is 0.266 e. The molecular formula is C23H24Cl2N2O2S. The monoisotopic (exact) mass is 462 g/mol. The first-order chi connectivity index (χ1) is 14.3. The third-order valence-electron chi connectivity index (χ3n) is 4.27. The minimum absolute atomic E-state index is 0.0225. The zero-order chi connectivity index (χ0) is 21.8. The summed E-state index contributed by atoms with van der Waals surface area (Å²) < 4.78 is 5.82. The van der Waals surface area contributed by atoms with E-state index in [0.29, 0.717) is 27.3 Å². The normalized spacial score (nSPS) is 17.1. The van der Waals surface area contributed by atoms with Gasteiger partial charge in [-0.15, -0.1) is 0 Å². The first-order valence-corrected chi connectivity index (χ1v) is 11.3. The molecular weight excluding hydrogens is 439 g/mol. The van der Waals surface area contributed by atoms with E-state index in [1.807, 2.05) is 58.0 Å². The maximum atomic E-state index is 12.9. The third-order valence-corrected chi connectivity index (χ3v) is 5.82. The second-order valence-corrected chi connectivity index (χ2v) is 9.30. The van der Waals surface area contributed by atoms with Crippen LogP contribution in [-0.2, 0) is 11.4 Å². The van der Waals surface area contributed by atoms with Gasteiger partial charge in [0.05, 0.1) is 15.0 Å². The van der Waals surface area contributed by atoms with Gasteiger partial charge in [0.1, 0.15) is 6.61 Å². The Balaban J connectivity index is 1.84. The van der Waals surface area contributed by atoms with Crippen LogP contribution in [0.4, 0.5) is 0 Å². The van der Waals surface area contributed by atoms with E-state index < -0.39 is 0 Å². The molecule has 7 heteroatoms. The van der Waals surface area contributed by atoms with Gasteiger partial charge in [0.2, 0.25) is 0 Å². The van der Waals surface area contributed by atoms with E-state index in [1.165, 1.54) is 11.8 Å². The number of amides is 1. The van der Waals surface area contributed by atoms with Crippen LogP contribution in [0.3, 0.4) is 0 Å². The first-order valence-electron chi connectivity index (χ1n) is 9.73. The number of amidine groups is 1. The lowest BCUT2D eigenvalue weighted by atomic mass is 10.2. The fraction of sp³-hybridized carbons (Fsp3) is 0.304. The fourth-order valence-corrected chi connectivity index (χ4v) is 4.78. The van der Waals surface area contributed by atoms with Gasteiger partial charge >= 0.3 is 0 Å². The highest BCUT2D eigenvalue weighted by molar-refractivity contribution is 8.18. The Hall–Kier alpha value is -1.95. The lowest BCUT2D eigenvalue weighted by molar-refractivity contribution is -0.123. The molecule has 0 spiro atoms. The number of carbonyl (C=O) groups excluding carboxylic acids is 1. The highest BCUT2D eigenvalue weighted by atomic mass is 35.5. The molecule has 1 aliphatic heterocycles. The number of benzene rings is 2. The summed E-state index contributed by atoms with van der Waals surface area (Å²) in [6.45, 7) is 8.30. The lowest BCUT2D eigenvalue weighted by Crippen LogP contribution is -2.35. The summed E-state index contributed by atoms with van der Waals surface area (Å²) in [7, 11) is 0. The van der Waals surface area contributed by atoms with Crippen LogP contribution >= 0.6 is 35.0 Å². The molecule has 30 heavy (non-hydrogen) atoms. The molecule has 0 atom stereocenters. The number of ether oxygens (including phenoxy) is 1. The first kappa shape index (κ1) is 22.7. The summed E-state index contributed by atoms with van der Waals surface area (Å²) in [5.41, 5.74) is 1.76. The van der Waals surface area contributed by atoms with Gasteiger partial charge in [-0.2, -0.15) is 0 Å². The summed E-state index contributed by atoms with van der Waals surface area (Å²) in [5, 5.41) is 1.52. The molecule has 2 aromatic carbocycles. The summed E-state index contributed by atoms with van der Waals surface area (Å²) in [6.07, 6.45) is 1.80. The standard InChI is InChI=1S/C23H24Cl2N2O2S/c1-14(2)26-23-27(15(3)4)22(28)20(30-23)12-17-10-18(24)21(19(25)11-17)29-13-16-8-6-5-7-9-16/h5-12,14-15H,13H2,1-4H3/b20-12+,26-23?. The molecule has 3 rings (SSSR count). The number of nitrogens with zero attached hydrogens (tertiary/aromatic N) is 2. The van der Waals surface area contributed by atoms with Crippen LogP contribution in [0.1, 0.15) is 38.8 Å². The van der Waals surface area contributed by atoms with Crippen LogP contribution in [0, 0.1) is 0 Å². The van der Waals surface area contributed by atoms with E-state index in [9.17, 15) is 4.79 Å². The third kappa shape index (κ3) is 5.39. The average Bonchev–Trinajstić information content (AvgIpc) is 2.96. The SMILES string of the molecule is CC(C)N=C1S/C(=C/c2cc(Cl)c(OCc3ccccc3)c(Cl)c2)C(=O)N1C(C)C. The van der Waals surface area contributed by atoms with Gasteiger partial charge < -0.3 is 4.74 Å². The van der Waals surface area contributed by atoms with Crippen molar-refractivity contribution in [1.29, 1.82) is 0 Å². The lowest BCUT2D eigenvalue weighted by Gasteiger charge is -2.20. The van der Waals surface area contributed by atoms with Crippen LogP contribution in [0.25, 0.3) is 6.08 Å². The Morgan fingerprint density at radius 3 is 2.30 bits per heavy atom. The van der Waals surface area contributed by atoms with Gasteiger partial charge in [0.15, 0.2) is 10.9 Å². The van der Waals surface area contributed by atoms with Gasteiger partial charge in [-0.25, -0.2) is 0 Å². The largest absolute Gasteiger partial charge is 0.486 e. The molecule has 0 radical (unpaired) electrons. The molecule has 0 bridgehead atoms. The molecule has 0 aliphatic carbocycles. The van der Waals surface area contributed by atoms with Crippen LogP contribution < -0.4 is 4.74 Å². The molecule has 4 nitrogen and oxygen atoms in total. The number of carbonyl (C=O) groups is 1.